The lowest BCUT2D eigenvalue weighted by Gasteiger charge is -2.15. The molecule has 0 saturated carbocycles. The number of nitrogens with one attached hydrogen (secondary N) is 1. The zero-order chi connectivity index (χ0) is 12.7. The van der Waals surface area contributed by atoms with Crippen molar-refractivity contribution < 1.29 is 0 Å². The molecule has 0 aliphatic heterocycles. The lowest BCUT2D eigenvalue weighted by atomic mass is 10.1. The van der Waals surface area contributed by atoms with Crippen molar-refractivity contribution in [2.24, 2.45) is 0 Å². The summed E-state index contributed by atoms with van der Waals surface area (Å²) in [5.74, 6) is 0. The second-order valence-electron chi connectivity index (χ2n) is 4.44. The molecule has 3 heteroatoms. The van der Waals surface area contributed by atoms with E-state index in [4.69, 9.17) is 0 Å². The van der Waals surface area contributed by atoms with Gasteiger partial charge in [-0.1, -0.05) is 20.8 Å². The Kier molecular flexibility index (Phi) is 6.60. The Morgan fingerprint density at radius 1 is 1.35 bits per heavy atom. The van der Waals surface area contributed by atoms with Crippen molar-refractivity contribution >= 4 is 11.8 Å². The van der Waals surface area contributed by atoms with Crippen LogP contribution in [-0.4, -0.2) is 16.8 Å². The van der Waals surface area contributed by atoms with Gasteiger partial charge in [0.05, 0.1) is 5.03 Å². The maximum Gasteiger partial charge on any atom is 0.0965 e. The van der Waals surface area contributed by atoms with Crippen LogP contribution in [0.5, 0.6) is 0 Å². The molecule has 0 aromatic carbocycles. The summed E-state index contributed by atoms with van der Waals surface area (Å²) in [7, 11) is 0. The first-order valence-electron chi connectivity index (χ1n) is 6.53. The molecule has 0 spiro atoms. The van der Waals surface area contributed by atoms with Gasteiger partial charge in [0.25, 0.3) is 0 Å². The number of thioether (sulfide) groups is 1. The van der Waals surface area contributed by atoms with Gasteiger partial charge in [-0.25, -0.2) is 4.98 Å². The van der Waals surface area contributed by atoms with E-state index in [1.807, 2.05) is 18.0 Å². The van der Waals surface area contributed by atoms with Gasteiger partial charge in [-0.2, -0.15) is 0 Å². The van der Waals surface area contributed by atoms with Gasteiger partial charge in [0.2, 0.25) is 0 Å². The number of nitrogens with zero attached hydrogens (tertiary/aromatic N) is 1. The maximum atomic E-state index is 4.43. The summed E-state index contributed by atoms with van der Waals surface area (Å²) in [6.07, 6.45) is 4.27. The van der Waals surface area contributed by atoms with Crippen LogP contribution >= 0.6 is 11.8 Å². The van der Waals surface area contributed by atoms with Gasteiger partial charge < -0.3 is 5.32 Å². The van der Waals surface area contributed by atoms with Gasteiger partial charge in [-0.15, -0.1) is 11.8 Å². The third-order valence-corrected chi connectivity index (χ3v) is 4.06. The van der Waals surface area contributed by atoms with Crippen LogP contribution in [0.3, 0.4) is 0 Å². The summed E-state index contributed by atoms with van der Waals surface area (Å²) in [6.45, 7) is 9.93. The van der Waals surface area contributed by atoms with Gasteiger partial charge in [0.1, 0.15) is 0 Å². The lowest BCUT2D eigenvalue weighted by molar-refractivity contribution is 0.569. The summed E-state index contributed by atoms with van der Waals surface area (Å²) in [5.41, 5.74) is 1.33. The highest BCUT2D eigenvalue weighted by Gasteiger charge is 2.07. The molecule has 17 heavy (non-hydrogen) atoms. The zero-order valence-electron chi connectivity index (χ0n) is 11.4. The van der Waals surface area contributed by atoms with E-state index in [9.17, 15) is 0 Å². The molecule has 2 unspecified atom stereocenters. The van der Waals surface area contributed by atoms with E-state index in [1.54, 1.807) is 0 Å². The van der Waals surface area contributed by atoms with E-state index in [0.717, 1.165) is 11.6 Å². The maximum absolute atomic E-state index is 4.43. The van der Waals surface area contributed by atoms with Gasteiger partial charge in [0, 0.05) is 17.5 Å². The van der Waals surface area contributed by atoms with Crippen LogP contribution in [0.2, 0.25) is 0 Å². The Morgan fingerprint density at radius 3 is 2.76 bits per heavy atom. The largest absolute Gasteiger partial charge is 0.310 e. The summed E-state index contributed by atoms with van der Waals surface area (Å²) < 4.78 is 0. The van der Waals surface area contributed by atoms with Gasteiger partial charge in [-0.05, 0) is 44.0 Å². The number of pyridine rings is 1. The van der Waals surface area contributed by atoms with Crippen molar-refractivity contribution in [2.75, 3.05) is 6.54 Å². The molecule has 2 atom stereocenters. The van der Waals surface area contributed by atoms with Crippen LogP contribution in [0, 0.1) is 0 Å². The smallest absolute Gasteiger partial charge is 0.0965 e. The summed E-state index contributed by atoms with van der Waals surface area (Å²) in [6, 6.07) is 4.73. The van der Waals surface area contributed by atoms with Crippen molar-refractivity contribution in [2.45, 2.75) is 56.9 Å². The molecule has 2 nitrogen and oxygen atoms in total. The monoisotopic (exact) mass is 252 g/mol. The van der Waals surface area contributed by atoms with Crippen LogP contribution in [-0.2, 0) is 0 Å². The molecule has 1 N–H and O–H groups in total. The fourth-order valence-corrected chi connectivity index (χ4v) is 2.43. The Hall–Kier alpha value is -0.540. The predicted molar refractivity (Wildman–Crippen MR) is 76.6 cm³/mol. The Labute approximate surface area is 110 Å². The Bertz CT molecular complexity index is 328. The quantitative estimate of drug-likeness (QED) is 0.742. The molecule has 0 saturated heterocycles. The minimum absolute atomic E-state index is 0.411. The lowest BCUT2D eigenvalue weighted by Crippen LogP contribution is -2.19. The minimum Gasteiger partial charge on any atom is -0.310 e. The SMILES string of the molecule is CCCNC(C)c1ccnc(SC(C)CC)c1. The fraction of sp³-hybridized carbons (Fsp3) is 0.643. The van der Waals surface area contributed by atoms with Crippen molar-refractivity contribution in [1.29, 1.82) is 0 Å². The van der Waals surface area contributed by atoms with Crippen molar-refractivity contribution in [3.8, 4) is 0 Å². The molecule has 1 aromatic heterocycles. The van der Waals surface area contributed by atoms with Crippen LogP contribution in [0.25, 0.3) is 0 Å². The molecule has 0 aliphatic carbocycles. The minimum atomic E-state index is 0.411. The first-order valence-corrected chi connectivity index (χ1v) is 7.41. The predicted octanol–water partition coefficient (Wildman–Crippen LogP) is 4.03. The Balaban J connectivity index is 2.64. The zero-order valence-corrected chi connectivity index (χ0v) is 12.2. The number of hydrogen-bond donors (Lipinski definition) is 1. The normalized spacial score (nSPS) is 14.6. The summed E-state index contributed by atoms with van der Waals surface area (Å²) in [4.78, 5) is 4.43. The topological polar surface area (TPSA) is 24.9 Å². The molecule has 1 rings (SSSR count). The molecular formula is C14H24N2S. The standard InChI is InChI=1S/C14H24N2S/c1-5-8-15-12(4)13-7-9-16-14(10-13)17-11(3)6-2/h7,9-12,15H,5-6,8H2,1-4H3. The second kappa shape index (κ2) is 7.72. The van der Waals surface area contributed by atoms with Gasteiger partial charge in [-0.3, -0.25) is 0 Å². The van der Waals surface area contributed by atoms with Gasteiger partial charge in [0.15, 0.2) is 0 Å². The van der Waals surface area contributed by atoms with E-state index in [2.05, 4.69) is 50.1 Å². The molecule has 0 radical (unpaired) electrons. The molecule has 96 valence electrons. The highest BCUT2D eigenvalue weighted by atomic mass is 32.2. The second-order valence-corrected chi connectivity index (χ2v) is 5.90. The van der Waals surface area contributed by atoms with E-state index < -0.39 is 0 Å². The molecule has 0 bridgehead atoms. The third-order valence-electron chi connectivity index (χ3n) is 2.86. The van der Waals surface area contributed by atoms with Gasteiger partial charge >= 0.3 is 0 Å². The molecule has 1 heterocycles. The average molecular weight is 252 g/mol. The van der Waals surface area contributed by atoms with Crippen LogP contribution < -0.4 is 5.32 Å². The number of rotatable bonds is 7. The van der Waals surface area contributed by atoms with E-state index in [-0.39, 0.29) is 0 Å². The van der Waals surface area contributed by atoms with Crippen molar-refractivity contribution in [3.63, 3.8) is 0 Å². The summed E-state index contributed by atoms with van der Waals surface area (Å²) in [5, 5.41) is 5.28. The van der Waals surface area contributed by atoms with E-state index >= 15 is 0 Å². The molecular weight excluding hydrogens is 228 g/mol. The first-order chi connectivity index (χ1) is 8.17. The Morgan fingerprint density at radius 2 is 2.12 bits per heavy atom. The van der Waals surface area contributed by atoms with Crippen molar-refractivity contribution in [1.82, 2.24) is 10.3 Å². The molecule has 0 aliphatic rings. The fourth-order valence-electron chi connectivity index (χ4n) is 1.53. The van der Waals surface area contributed by atoms with E-state index in [0.29, 0.717) is 11.3 Å². The number of aromatic nitrogens is 1. The highest BCUT2D eigenvalue weighted by molar-refractivity contribution is 7.99. The third kappa shape index (κ3) is 5.09. The average Bonchev–Trinajstić information content (AvgIpc) is 2.36. The van der Waals surface area contributed by atoms with Crippen LogP contribution in [0.15, 0.2) is 23.4 Å². The van der Waals surface area contributed by atoms with Crippen LogP contribution in [0.4, 0.5) is 0 Å². The summed E-state index contributed by atoms with van der Waals surface area (Å²) >= 11 is 1.86. The first kappa shape index (κ1) is 14.5. The van der Waals surface area contributed by atoms with E-state index in [1.165, 1.54) is 18.4 Å². The molecule has 1 aromatic rings. The highest BCUT2D eigenvalue weighted by Crippen LogP contribution is 2.25. The van der Waals surface area contributed by atoms with Crippen molar-refractivity contribution in [3.05, 3.63) is 23.9 Å². The molecule has 0 fully saturated rings. The molecule has 0 amide bonds. The number of hydrogen-bond acceptors (Lipinski definition) is 3. The van der Waals surface area contributed by atoms with Crippen LogP contribution in [0.1, 0.15) is 52.1 Å².